The van der Waals surface area contributed by atoms with Gasteiger partial charge in [-0.1, -0.05) is 18.2 Å². The van der Waals surface area contributed by atoms with E-state index in [-0.39, 0.29) is 17.1 Å². The third-order valence-electron chi connectivity index (χ3n) is 3.40. The van der Waals surface area contributed by atoms with Crippen LogP contribution >= 0.6 is 0 Å². The van der Waals surface area contributed by atoms with E-state index in [1.54, 1.807) is 18.2 Å². The molecule has 0 radical (unpaired) electrons. The van der Waals surface area contributed by atoms with Crippen LogP contribution in [0.4, 0.5) is 8.78 Å². The van der Waals surface area contributed by atoms with Crippen LogP contribution in [0.3, 0.4) is 0 Å². The maximum absolute atomic E-state index is 13.3. The van der Waals surface area contributed by atoms with Crippen LogP contribution in [0, 0.1) is 11.6 Å². The van der Waals surface area contributed by atoms with E-state index in [1.807, 2.05) is 0 Å². The number of cyclic esters (lactones) is 2. The van der Waals surface area contributed by atoms with Crippen molar-refractivity contribution >= 4 is 18.0 Å². The standard InChI is InChI=1S/C19H14F2O5/c1-19(2)25-17(22)15(18(23)26-19)7-11-5-3-4-6-16(11)24-14-9-12(20)8-13(21)10-14/h3-10H,1-2H3. The van der Waals surface area contributed by atoms with Crippen LogP contribution in [0.2, 0.25) is 0 Å². The number of benzene rings is 2. The van der Waals surface area contributed by atoms with E-state index in [0.29, 0.717) is 5.56 Å². The number of hydrogen-bond acceptors (Lipinski definition) is 5. The van der Waals surface area contributed by atoms with Gasteiger partial charge in [-0.05, 0) is 12.1 Å². The van der Waals surface area contributed by atoms with Gasteiger partial charge in [0.1, 0.15) is 28.7 Å². The fourth-order valence-corrected chi connectivity index (χ4v) is 2.34. The molecule has 1 aliphatic rings. The van der Waals surface area contributed by atoms with Crippen LogP contribution in [0.1, 0.15) is 19.4 Å². The van der Waals surface area contributed by atoms with E-state index in [2.05, 4.69) is 0 Å². The van der Waals surface area contributed by atoms with Gasteiger partial charge < -0.3 is 14.2 Å². The zero-order valence-electron chi connectivity index (χ0n) is 13.9. The summed E-state index contributed by atoms with van der Waals surface area (Å²) in [6.07, 6.45) is 1.24. The summed E-state index contributed by atoms with van der Waals surface area (Å²) >= 11 is 0. The molecule has 0 N–H and O–H groups in total. The number of hydrogen-bond donors (Lipinski definition) is 0. The SMILES string of the molecule is CC1(C)OC(=O)C(=Cc2ccccc2Oc2cc(F)cc(F)c2)C(=O)O1. The van der Waals surface area contributed by atoms with Gasteiger partial charge in [0.25, 0.3) is 5.79 Å². The second kappa shape index (κ2) is 6.59. The molecule has 134 valence electrons. The Balaban J connectivity index is 1.95. The molecule has 0 aliphatic carbocycles. The average Bonchev–Trinajstić information content (AvgIpc) is 2.50. The van der Waals surface area contributed by atoms with Crippen molar-refractivity contribution < 1.29 is 32.6 Å². The molecule has 0 unspecified atom stereocenters. The molecule has 0 aromatic heterocycles. The van der Waals surface area contributed by atoms with E-state index >= 15 is 0 Å². The summed E-state index contributed by atoms with van der Waals surface area (Å²) in [5, 5.41) is 0. The van der Waals surface area contributed by atoms with Crippen LogP contribution in [0.5, 0.6) is 11.5 Å². The first kappa shape index (κ1) is 17.6. The molecule has 0 atom stereocenters. The molecular formula is C19H14F2O5. The molecule has 7 heteroatoms. The normalized spacial score (nSPS) is 15.9. The molecule has 0 spiro atoms. The van der Waals surface area contributed by atoms with Crippen molar-refractivity contribution in [1.29, 1.82) is 0 Å². The largest absolute Gasteiger partial charge is 0.457 e. The van der Waals surface area contributed by atoms with Gasteiger partial charge in [-0.15, -0.1) is 0 Å². The predicted octanol–water partition coefficient (Wildman–Crippen LogP) is 3.98. The molecule has 5 nitrogen and oxygen atoms in total. The summed E-state index contributed by atoms with van der Waals surface area (Å²) in [4.78, 5) is 24.1. The molecule has 0 bridgehead atoms. The van der Waals surface area contributed by atoms with Crippen molar-refractivity contribution in [3.63, 3.8) is 0 Å². The number of para-hydroxylation sites is 1. The maximum atomic E-state index is 13.3. The van der Waals surface area contributed by atoms with Gasteiger partial charge in [-0.2, -0.15) is 0 Å². The Morgan fingerprint density at radius 3 is 2.15 bits per heavy atom. The van der Waals surface area contributed by atoms with Crippen molar-refractivity contribution in [3.05, 3.63) is 65.2 Å². The van der Waals surface area contributed by atoms with Gasteiger partial charge in [-0.25, -0.2) is 18.4 Å². The van der Waals surface area contributed by atoms with Crippen LogP contribution in [0.15, 0.2) is 48.0 Å². The molecule has 1 heterocycles. The lowest BCUT2D eigenvalue weighted by atomic mass is 10.1. The summed E-state index contributed by atoms with van der Waals surface area (Å²) < 4.78 is 42.2. The van der Waals surface area contributed by atoms with Gasteiger partial charge in [0.2, 0.25) is 0 Å². The Bertz CT molecular complexity index is 876. The van der Waals surface area contributed by atoms with Crippen LogP contribution < -0.4 is 4.74 Å². The molecule has 26 heavy (non-hydrogen) atoms. The van der Waals surface area contributed by atoms with Crippen LogP contribution in [-0.4, -0.2) is 17.7 Å². The number of halogens is 2. The van der Waals surface area contributed by atoms with E-state index in [9.17, 15) is 18.4 Å². The fraction of sp³-hybridized carbons (Fsp3) is 0.158. The molecule has 1 aliphatic heterocycles. The highest BCUT2D eigenvalue weighted by Gasteiger charge is 2.39. The van der Waals surface area contributed by atoms with Crippen LogP contribution in [-0.2, 0) is 19.1 Å². The average molecular weight is 360 g/mol. The Morgan fingerprint density at radius 2 is 1.54 bits per heavy atom. The number of ether oxygens (including phenoxy) is 3. The van der Waals surface area contributed by atoms with E-state index in [1.165, 1.54) is 26.0 Å². The summed E-state index contributed by atoms with van der Waals surface area (Å²) in [6, 6.07) is 9.12. The first-order chi connectivity index (χ1) is 12.2. The number of esters is 2. The van der Waals surface area contributed by atoms with Gasteiger partial charge in [0.15, 0.2) is 0 Å². The summed E-state index contributed by atoms with van der Waals surface area (Å²) in [5.74, 6) is -4.48. The third kappa shape index (κ3) is 3.88. The highest BCUT2D eigenvalue weighted by Crippen LogP contribution is 2.30. The Morgan fingerprint density at radius 1 is 0.962 bits per heavy atom. The van der Waals surface area contributed by atoms with E-state index in [0.717, 1.165) is 18.2 Å². The molecule has 2 aromatic rings. The first-order valence-corrected chi connectivity index (χ1v) is 7.65. The molecule has 1 fully saturated rings. The van der Waals surface area contributed by atoms with Gasteiger partial charge in [0.05, 0.1) is 0 Å². The monoisotopic (exact) mass is 360 g/mol. The lowest BCUT2D eigenvalue weighted by molar-refractivity contribution is -0.222. The number of rotatable bonds is 3. The van der Waals surface area contributed by atoms with Crippen molar-refractivity contribution in [3.8, 4) is 11.5 Å². The Hall–Kier alpha value is -3.22. The molecule has 2 aromatic carbocycles. The fourth-order valence-electron chi connectivity index (χ4n) is 2.34. The Labute approximate surface area is 147 Å². The summed E-state index contributed by atoms with van der Waals surface area (Å²) in [5.41, 5.74) is 0.0200. The highest BCUT2D eigenvalue weighted by molar-refractivity contribution is 6.19. The molecular weight excluding hydrogens is 346 g/mol. The summed E-state index contributed by atoms with van der Waals surface area (Å²) in [7, 11) is 0. The second-order valence-electron chi connectivity index (χ2n) is 5.98. The van der Waals surface area contributed by atoms with Crippen molar-refractivity contribution in [2.24, 2.45) is 0 Å². The number of carbonyl (C=O) groups is 2. The summed E-state index contributed by atoms with van der Waals surface area (Å²) in [6.45, 7) is 2.88. The van der Waals surface area contributed by atoms with E-state index < -0.39 is 29.4 Å². The van der Waals surface area contributed by atoms with Gasteiger partial charge in [-0.3, -0.25) is 0 Å². The zero-order chi connectivity index (χ0) is 18.9. The molecule has 0 amide bonds. The van der Waals surface area contributed by atoms with Crippen molar-refractivity contribution in [2.45, 2.75) is 19.6 Å². The van der Waals surface area contributed by atoms with Crippen molar-refractivity contribution in [1.82, 2.24) is 0 Å². The minimum Gasteiger partial charge on any atom is -0.457 e. The highest BCUT2D eigenvalue weighted by atomic mass is 19.1. The van der Waals surface area contributed by atoms with E-state index in [4.69, 9.17) is 14.2 Å². The molecule has 3 rings (SSSR count). The van der Waals surface area contributed by atoms with Gasteiger partial charge >= 0.3 is 11.9 Å². The molecule has 1 saturated heterocycles. The maximum Gasteiger partial charge on any atom is 0.348 e. The minimum atomic E-state index is -1.35. The number of carbonyl (C=O) groups excluding carboxylic acids is 2. The first-order valence-electron chi connectivity index (χ1n) is 7.65. The smallest absolute Gasteiger partial charge is 0.348 e. The topological polar surface area (TPSA) is 61.8 Å². The van der Waals surface area contributed by atoms with Gasteiger partial charge in [0, 0.05) is 37.6 Å². The lowest BCUT2D eigenvalue weighted by Gasteiger charge is -2.29. The predicted molar refractivity (Wildman–Crippen MR) is 87.1 cm³/mol. The van der Waals surface area contributed by atoms with Crippen LogP contribution in [0.25, 0.3) is 6.08 Å². The Kier molecular flexibility index (Phi) is 4.46. The quantitative estimate of drug-likeness (QED) is 0.471. The van der Waals surface area contributed by atoms with Crippen molar-refractivity contribution in [2.75, 3.05) is 0 Å². The zero-order valence-corrected chi connectivity index (χ0v) is 13.9. The lowest BCUT2D eigenvalue weighted by Crippen LogP contribution is -2.41. The second-order valence-corrected chi connectivity index (χ2v) is 5.98. The minimum absolute atomic E-state index is 0.0664. The third-order valence-corrected chi connectivity index (χ3v) is 3.40. The molecule has 0 saturated carbocycles.